The third kappa shape index (κ3) is 4.59. The lowest BCUT2D eigenvalue weighted by Crippen LogP contribution is -2.24. The molecule has 5 heteroatoms. The lowest BCUT2D eigenvalue weighted by atomic mass is 10.2. The molecule has 1 fully saturated rings. The number of amides is 1. The van der Waals surface area contributed by atoms with E-state index in [9.17, 15) is 9.90 Å². The second kappa shape index (κ2) is 7.38. The summed E-state index contributed by atoms with van der Waals surface area (Å²) in [6, 6.07) is 7.58. The number of carbonyl (C=O) groups is 1. The van der Waals surface area contributed by atoms with Gasteiger partial charge in [-0.25, -0.2) is 0 Å². The molecule has 1 heterocycles. The highest BCUT2D eigenvalue weighted by Crippen LogP contribution is 2.11. The molecule has 0 saturated carbocycles. The third-order valence-corrected chi connectivity index (χ3v) is 3.60. The lowest BCUT2D eigenvalue weighted by Gasteiger charge is -2.14. The van der Waals surface area contributed by atoms with Crippen molar-refractivity contribution in [3.8, 4) is 0 Å². The molecule has 4 N–H and O–H groups in total. The minimum atomic E-state index is -0.190. The molecule has 0 spiro atoms. The van der Waals surface area contributed by atoms with Crippen LogP contribution in [-0.4, -0.2) is 41.7 Å². The zero-order valence-electron chi connectivity index (χ0n) is 11.7. The first-order valence-corrected chi connectivity index (χ1v) is 7.16. The minimum Gasteiger partial charge on any atom is -0.392 e. The summed E-state index contributed by atoms with van der Waals surface area (Å²) in [6.07, 6.45) is 1.98. The molecule has 1 amide bonds. The summed E-state index contributed by atoms with van der Waals surface area (Å²) < 4.78 is 0. The van der Waals surface area contributed by atoms with E-state index in [2.05, 4.69) is 10.2 Å². The maximum Gasteiger partial charge on any atom is 0.224 e. The second-order valence-corrected chi connectivity index (χ2v) is 5.30. The van der Waals surface area contributed by atoms with Gasteiger partial charge in [0.2, 0.25) is 5.91 Å². The molecule has 1 atom stereocenters. The Morgan fingerprint density at radius 2 is 2.15 bits per heavy atom. The van der Waals surface area contributed by atoms with E-state index in [1.54, 1.807) is 0 Å². The van der Waals surface area contributed by atoms with Gasteiger partial charge < -0.3 is 21.1 Å². The molecule has 0 bridgehead atoms. The molecule has 1 aliphatic rings. The van der Waals surface area contributed by atoms with Crippen molar-refractivity contribution in [2.24, 2.45) is 5.73 Å². The maximum atomic E-state index is 11.8. The number of benzene rings is 1. The van der Waals surface area contributed by atoms with Gasteiger partial charge in [0.05, 0.1) is 6.10 Å². The maximum absolute atomic E-state index is 11.8. The van der Waals surface area contributed by atoms with Crippen LogP contribution in [0.15, 0.2) is 24.3 Å². The Morgan fingerprint density at radius 3 is 2.75 bits per heavy atom. The molecule has 20 heavy (non-hydrogen) atoms. The van der Waals surface area contributed by atoms with Gasteiger partial charge in [0, 0.05) is 31.7 Å². The van der Waals surface area contributed by atoms with Gasteiger partial charge in [0.1, 0.15) is 0 Å². The lowest BCUT2D eigenvalue weighted by molar-refractivity contribution is -0.116. The molecule has 110 valence electrons. The van der Waals surface area contributed by atoms with Gasteiger partial charge in [-0.05, 0) is 37.1 Å². The Labute approximate surface area is 119 Å². The van der Waals surface area contributed by atoms with Crippen LogP contribution < -0.4 is 11.1 Å². The van der Waals surface area contributed by atoms with Crippen molar-refractivity contribution >= 4 is 11.6 Å². The smallest absolute Gasteiger partial charge is 0.224 e. The van der Waals surface area contributed by atoms with Crippen LogP contribution in [0.25, 0.3) is 0 Å². The summed E-state index contributed by atoms with van der Waals surface area (Å²) in [5.41, 5.74) is 7.39. The number of aliphatic hydroxyl groups excluding tert-OH is 1. The monoisotopic (exact) mass is 277 g/mol. The second-order valence-electron chi connectivity index (χ2n) is 5.30. The fourth-order valence-corrected chi connectivity index (χ4v) is 2.43. The number of aliphatic hydroxyl groups is 1. The summed E-state index contributed by atoms with van der Waals surface area (Å²) in [7, 11) is 0. The number of carbonyl (C=O) groups excluding carboxylic acids is 1. The predicted octanol–water partition coefficient (Wildman–Crippen LogP) is 0.931. The number of hydrogen-bond acceptors (Lipinski definition) is 4. The van der Waals surface area contributed by atoms with Gasteiger partial charge in [-0.3, -0.25) is 4.79 Å². The Balaban J connectivity index is 1.67. The average molecular weight is 277 g/mol. The quantitative estimate of drug-likeness (QED) is 0.723. The van der Waals surface area contributed by atoms with Crippen LogP contribution in [-0.2, 0) is 11.3 Å². The standard InChI is InChI=1S/C15H23N3O2/c16-10-12-3-5-13(6-4-12)17-15(20)2-1-8-18-9-7-14(19)11-18/h3-6,14,19H,1-2,7-11,16H2,(H,17,20). The zero-order valence-corrected chi connectivity index (χ0v) is 11.7. The van der Waals surface area contributed by atoms with Gasteiger partial charge in [0.25, 0.3) is 0 Å². The van der Waals surface area contributed by atoms with Crippen LogP contribution in [0.3, 0.4) is 0 Å². The highest BCUT2D eigenvalue weighted by atomic mass is 16.3. The fraction of sp³-hybridized carbons (Fsp3) is 0.533. The van der Waals surface area contributed by atoms with E-state index in [-0.39, 0.29) is 12.0 Å². The summed E-state index contributed by atoms with van der Waals surface area (Å²) in [6.45, 7) is 3.05. The van der Waals surface area contributed by atoms with E-state index in [1.165, 1.54) is 0 Å². The fourth-order valence-electron chi connectivity index (χ4n) is 2.43. The number of hydrogen-bond donors (Lipinski definition) is 3. The highest BCUT2D eigenvalue weighted by molar-refractivity contribution is 5.90. The summed E-state index contributed by atoms with van der Waals surface area (Å²) in [5.74, 6) is 0.0326. The number of rotatable bonds is 6. The molecule has 1 aromatic rings. The van der Waals surface area contributed by atoms with E-state index in [4.69, 9.17) is 5.73 Å². The van der Waals surface area contributed by atoms with Crippen molar-refractivity contribution in [1.29, 1.82) is 0 Å². The first kappa shape index (κ1) is 15.0. The van der Waals surface area contributed by atoms with Crippen molar-refractivity contribution in [3.05, 3.63) is 29.8 Å². The predicted molar refractivity (Wildman–Crippen MR) is 79.3 cm³/mol. The van der Waals surface area contributed by atoms with E-state index >= 15 is 0 Å². The van der Waals surface area contributed by atoms with Gasteiger partial charge in [0.15, 0.2) is 0 Å². The Hall–Kier alpha value is -1.43. The number of nitrogens with zero attached hydrogens (tertiary/aromatic N) is 1. The van der Waals surface area contributed by atoms with Crippen molar-refractivity contribution in [3.63, 3.8) is 0 Å². The van der Waals surface area contributed by atoms with Crippen LogP contribution in [0.5, 0.6) is 0 Å². The Kier molecular flexibility index (Phi) is 5.52. The summed E-state index contributed by atoms with van der Waals surface area (Å²) in [4.78, 5) is 14.0. The summed E-state index contributed by atoms with van der Waals surface area (Å²) in [5, 5.41) is 12.3. The minimum absolute atomic E-state index is 0.0326. The molecular weight excluding hydrogens is 254 g/mol. The molecule has 0 aromatic heterocycles. The van der Waals surface area contributed by atoms with Crippen LogP contribution in [0.4, 0.5) is 5.69 Å². The Bertz CT molecular complexity index is 433. The SMILES string of the molecule is NCc1ccc(NC(=O)CCCN2CCC(O)C2)cc1. The number of likely N-dealkylation sites (tertiary alicyclic amines) is 1. The molecule has 1 aromatic carbocycles. The number of nitrogens with two attached hydrogens (primary N) is 1. The molecule has 0 aliphatic carbocycles. The Morgan fingerprint density at radius 1 is 1.40 bits per heavy atom. The molecule has 1 aliphatic heterocycles. The van der Waals surface area contributed by atoms with Crippen molar-refractivity contribution < 1.29 is 9.90 Å². The van der Waals surface area contributed by atoms with Gasteiger partial charge >= 0.3 is 0 Å². The molecule has 1 saturated heterocycles. The van der Waals surface area contributed by atoms with Crippen LogP contribution in [0.2, 0.25) is 0 Å². The molecule has 2 rings (SSSR count). The largest absolute Gasteiger partial charge is 0.392 e. The van der Waals surface area contributed by atoms with Gasteiger partial charge in [-0.15, -0.1) is 0 Å². The van der Waals surface area contributed by atoms with E-state index in [0.717, 1.165) is 43.7 Å². The molecule has 5 nitrogen and oxygen atoms in total. The van der Waals surface area contributed by atoms with Crippen LogP contribution in [0.1, 0.15) is 24.8 Å². The molecular formula is C15H23N3O2. The van der Waals surface area contributed by atoms with Crippen LogP contribution in [0, 0.1) is 0 Å². The first-order chi connectivity index (χ1) is 9.67. The van der Waals surface area contributed by atoms with Gasteiger partial charge in [-0.2, -0.15) is 0 Å². The first-order valence-electron chi connectivity index (χ1n) is 7.16. The average Bonchev–Trinajstić information content (AvgIpc) is 2.85. The number of anilines is 1. The third-order valence-electron chi connectivity index (χ3n) is 3.60. The van der Waals surface area contributed by atoms with Crippen LogP contribution >= 0.6 is 0 Å². The van der Waals surface area contributed by atoms with Crippen molar-refractivity contribution in [1.82, 2.24) is 4.90 Å². The summed E-state index contributed by atoms with van der Waals surface area (Å²) >= 11 is 0. The number of β-amino-alcohol motifs (C(OH)–C–C–N with tert-alkyl or cyclic N) is 1. The topological polar surface area (TPSA) is 78.6 Å². The zero-order chi connectivity index (χ0) is 14.4. The molecule has 1 unspecified atom stereocenters. The number of nitrogens with one attached hydrogen (secondary N) is 1. The van der Waals surface area contributed by atoms with E-state index < -0.39 is 0 Å². The van der Waals surface area contributed by atoms with Gasteiger partial charge in [-0.1, -0.05) is 12.1 Å². The molecule has 0 radical (unpaired) electrons. The van der Waals surface area contributed by atoms with Crippen molar-refractivity contribution in [2.45, 2.75) is 31.9 Å². The highest BCUT2D eigenvalue weighted by Gasteiger charge is 2.19. The van der Waals surface area contributed by atoms with Crippen molar-refractivity contribution in [2.75, 3.05) is 25.0 Å². The van der Waals surface area contributed by atoms with E-state index in [0.29, 0.717) is 13.0 Å². The van der Waals surface area contributed by atoms with E-state index in [1.807, 2.05) is 24.3 Å². The normalized spacial score (nSPS) is 19.2.